The van der Waals surface area contributed by atoms with Crippen molar-refractivity contribution in [1.82, 2.24) is 0 Å². The Morgan fingerprint density at radius 3 is 2.77 bits per heavy atom. The minimum atomic E-state index is -0.396. The molecule has 0 aromatic rings. The second-order valence-corrected chi connectivity index (χ2v) is 4.83. The second-order valence-electron chi connectivity index (χ2n) is 4.83. The van der Waals surface area contributed by atoms with Gasteiger partial charge in [-0.15, -0.1) is 0 Å². The molecule has 1 N–H and O–H groups in total. The summed E-state index contributed by atoms with van der Waals surface area (Å²) < 4.78 is 5.19. The van der Waals surface area contributed by atoms with Gasteiger partial charge in [0, 0.05) is 0 Å². The van der Waals surface area contributed by atoms with Crippen LogP contribution in [0.5, 0.6) is 0 Å². The van der Waals surface area contributed by atoms with Crippen molar-refractivity contribution < 1.29 is 9.84 Å². The smallest absolute Gasteiger partial charge is 0.0810 e. The SMILES string of the molecule is C[C@@]1(O)CCCC[C@H]1CCC1CO1. The lowest BCUT2D eigenvalue weighted by molar-refractivity contribution is -0.0360. The maximum atomic E-state index is 10.1. The number of hydrogen-bond acceptors (Lipinski definition) is 2. The molecule has 1 saturated heterocycles. The Kier molecular flexibility index (Phi) is 2.61. The van der Waals surface area contributed by atoms with Crippen LogP contribution < -0.4 is 0 Å². The third kappa shape index (κ3) is 2.44. The predicted molar refractivity (Wildman–Crippen MR) is 51.6 cm³/mol. The van der Waals surface area contributed by atoms with Crippen LogP contribution in [0.3, 0.4) is 0 Å². The fourth-order valence-electron chi connectivity index (χ4n) is 2.47. The third-order valence-corrected chi connectivity index (χ3v) is 3.60. The van der Waals surface area contributed by atoms with Gasteiger partial charge in [-0.1, -0.05) is 12.8 Å². The average Bonchev–Trinajstić information content (AvgIpc) is 2.85. The molecule has 13 heavy (non-hydrogen) atoms. The lowest BCUT2D eigenvalue weighted by Crippen LogP contribution is -2.37. The zero-order chi connectivity index (χ0) is 9.31. The Balaban J connectivity index is 1.79. The summed E-state index contributed by atoms with van der Waals surface area (Å²) >= 11 is 0. The first-order chi connectivity index (χ1) is 6.18. The zero-order valence-corrected chi connectivity index (χ0v) is 8.46. The lowest BCUT2D eigenvalue weighted by Gasteiger charge is -2.37. The molecule has 2 fully saturated rings. The molecule has 2 heteroatoms. The van der Waals surface area contributed by atoms with E-state index < -0.39 is 5.60 Å². The maximum Gasteiger partial charge on any atom is 0.0810 e. The van der Waals surface area contributed by atoms with Crippen molar-refractivity contribution in [2.45, 2.75) is 57.2 Å². The summed E-state index contributed by atoms with van der Waals surface area (Å²) in [6.07, 6.45) is 7.52. The molecule has 1 aliphatic heterocycles. The molecule has 1 heterocycles. The van der Waals surface area contributed by atoms with Gasteiger partial charge in [0.15, 0.2) is 0 Å². The van der Waals surface area contributed by atoms with Crippen LogP contribution in [0.1, 0.15) is 45.4 Å². The summed E-state index contributed by atoms with van der Waals surface area (Å²) in [5, 5.41) is 10.1. The molecule has 76 valence electrons. The van der Waals surface area contributed by atoms with Crippen molar-refractivity contribution in [2.75, 3.05) is 6.61 Å². The van der Waals surface area contributed by atoms with Crippen LogP contribution in [0, 0.1) is 5.92 Å². The van der Waals surface area contributed by atoms with Crippen LogP contribution in [0.2, 0.25) is 0 Å². The fourth-order valence-corrected chi connectivity index (χ4v) is 2.47. The molecule has 1 saturated carbocycles. The minimum Gasteiger partial charge on any atom is -0.390 e. The molecule has 1 unspecified atom stereocenters. The van der Waals surface area contributed by atoms with Gasteiger partial charge < -0.3 is 9.84 Å². The Morgan fingerprint density at radius 2 is 2.15 bits per heavy atom. The first kappa shape index (κ1) is 9.47. The van der Waals surface area contributed by atoms with Crippen molar-refractivity contribution in [3.63, 3.8) is 0 Å². The van der Waals surface area contributed by atoms with E-state index in [0.717, 1.165) is 25.9 Å². The van der Waals surface area contributed by atoms with Crippen molar-refractivity contribution in [3.05, 3.63) is 0 Å². The van der Waals surface area contributed by atoms with E-state index in [1.54, 1.807) is 0 Å². The van der Waals surface area contributed by atoms with Gasteiger partial charge in [0.2, 0.25) is 0 Å². The standard InChI is InChI=1S/C11H20O2/c1-11(12)7-3-2-4-9(11)5-6-10-8-13-10/h9-10,12H,2-8H2,1H3/t9-,10?,11+/m0/s1. The summed E-state index contributed by atoms with van der Waals surface area (Å²) in [7, 11) is 0. The summed E-state index contributed by atoms with van der Waals surface area (Å²) in [6.45, 7) is 2.96. The van der Waals surface area contributed by atoms with Gasteiger partial charge in [-0.3, -0.25) is 0 Å². The van der Waals surface area contributed by atoms with Crippen molar-refractivity contribution in [2.24, 2.45) is 5.92 Å². The monoisotopic (exact) mass is 184 g/mol. The van der Waals surface area contributed by atoms with E-state index in [-0.39, 0.29) is 0 Å². The lowest BCUT2D eigenvalue weighted by atomic mass is 9.74. The van der Waals surface area contributed by atoms with Crippen molar-refractivity contribution >= 4 is 0 Å². The van der Waals surface area contributed by atoms with Gasteiger partial charge in [-0.2, -0.15) is 0 Å². The molecule has 2 nitrogen and oxygen atoms in total. The van der Waals surface area contributed by atoms with E-state index in [1.807, 2.05) is 6.92 Å². The van der Waals surface area contributed by atoms with Crippen LogP contribution in [0.15, 0.2) is 0 Å². The zero-order valence-electron chi connectivity index (χ0n) is 8.46. The molecule has 3 atom stereocenters. The van der Waals surface area contributed by atoms with E-state index >= 15 is 0 Å². The minimum absolute atomic E-state index is 0.396. The Hall–Kier alpha value is -0.0800. The van der Waals surface area contributed by atoms with E-state index in [4.69, 9.17) is 4.74 Å². The second kappa shape index (κ2) is 3.58. The molecule has 1 aliphatic carbocycles. The fraction of sp³-hybridized carbons (Fsp3) is 1.00. The highest BCUT2D eigenvalue weighted by molar-refractivity contribution is 4.87. The highest BCUT2D eigenvalue weighted by Gasteiger charge is 2.35. The van der Waals surface area contributed by atoms with Gasteiger partial charge in [-0.25, -0.2) is 0 Å². The first-order valence-corrected chi connectivity index (χ1v) is 5.52. The first-order valence-electron chi connectivity index (χ1n) is 5.52. The van der Waals surface area contributed by atoms with Crippen molar-refractivity contribution in [1.29, 1.82) is 0 Å². The van der Waals surface area contributed by atoms with Gasteiger partial charge in [0.05, 0.1) is 18.3 Å². The highest BCUT2D eigenvalue weighted by atomic mass is 16.6. The molecular formula is C11H20O2. The summed E-state index contributed by atoms with van der Waals surface area (Å²) in [4.78, 5) is 0. The summed E-state index contributed by atoms with van der Waals surface area (Å²) in [6, 6.07) is 0. The topological polar surface area (TPSA) is 32.8 Å². The van der Waals surface area contributed by atoms with E-state index in [0.29, 0.717) is 12.0 Å². The number of aliphatic hydroxyl groups is 1. The van der Waals surface area contributed by atoms with Crippen LogP contribution in [-0.2, 0) is 4.74 Å². The van der Waals surface area contributed by atoms with Crippen LogP contribution in [-0.4, -0.2) is 23.4 Å². The number of ether oxygens (including phenoxy) is 1. The Labute approximate surface area is 80.3 Å². The van der Waals surface area contributed by atoms with Gasteiger partial charge >= 0.3 is 0 Å². The van der Waals surface area contributed by atoms with E-state index in [1.165, 1.54) is 19.3 Å². The third-order valence-electron chi connectivity index (χ3n) is 3.60. The van der Waals surface area contributed by atoms with Gasteiger partial charge in [-0.05, 0) is 38.5 Å². The number of rotatable bonds is 3. The predicted octanol–water partition coefficient (Wildman–Crippen LogP) is 2.11. The summed E-state index contributed by atoms with van der Waals surface area (Å²) in [5.41, 5.74) is -0.396. The van der Waals surface area contributed by atoms with Gasteiger partial charge in [0.25, 0.3) is 0 Å². The maximum absolute atomic E-state index is 10.1. The van der Waals surface area contributed by atoms with Crippen LogP contribution in [0.25, 0.3) is 0 Å². The number of hydrogen-bond donors (Lipinski definition) is 1. The van der Waals surface area contributed by atoms with Gasteiger partial charge in [0.1, 0.15) is 0 Å². The quantitative estimate of drug-likeness (QED) is 0.681. The molecule has 0 amide bonds. The molecule has 2 rings (SSSR count). The average molecular weight is 184 g/mol. The molecular weight excluding hydrogens is 164 g/mol. The molecule has 0 spiro atoms. The van der Waals surface area contributed by atoms with Crippen LogP contribution >= 0.6 is 0 Å². The molecule has 0 bridgehead atoms. The van der Waals surface area contributed by atoms with E-state index in [9.17, 15) is 5.11 Å². The Bertz CT molecular complexity index is 173. The normalized spacial score (nSPS) is 44.8. The van der Waals surface area contributed by atoms with E-state index in [2.05, 4.69) is 0 Å². The Morgan fingerprint density at radius 1 is 1.38 bits per heavy atom. The molecule has 0 aromatic carbocycles. The number of epoxide rings is 1. The van der Waals surface area contributed by atoms with Crippen molar-refractivity contribution in [3.8, 4) is 0 Å². The van der Waals surface area contributed by atoms with Crippen LogP contribution in [0.4, 0.5) is 0 Å². The summed E-state index contributed by atoms with van der Waals surface area (Å²) in [5.74, 6) is 0.519. The molecule has 0 aromatic heterocycles. The largest absolute Gasteiger partial charge is 0.390 e. The molecule has 2 aliphatic rings. The molecule has 0 radical (unpaired) electrons. The highest BCUT2D eigenvalue weighted by Crippen LogP contribution is 2.37.